The van der Waals surface area contributed by atoms with Crippen LogP contribution >= 0.6 is 22.9 Å². The van der Waals surface area contributed by atoms with E-state index in [1.54, 1.807) is 20.4 Å². The molecule has 0 saturated heterocycles. The molecule has 2 aromatic heterocycles. The van der Waals surface area contributed by atoms with E-state index in [0.717, 1.165) is 29.2 Å². The highest BCUT2D eigenvalue weighted by Crippen LogP contribution is 2.33. The molecule has 0 fully saturated rings. The van der Waals surface area contributed by atoms with Crippen molar-refractivity contribution < 1.29 is 14.3 Å². The van der Waals surface area contributed by atoms with Crippen LogP contribution in [0.2, 0.25) is 5.15 Å². The highest BCUT2D eigenvalue weighted by molar-refractivity contribution is 7.15. The minimum absolute atomic E-state index is 0.0866. The SMILES string of the molecule is COCCC(=O)Nc1nc2c(s1)CN(c1cnc(Cl)c(OC)c1)CC2. The van der Waals surface area contributed by atoms with Crippen molar-refractivity contribution in [2.75, 3.05) is 37.6 Å². The number of halogens is 1. The van der Waals surface area contributed by atoms with Crippen LogP contribution in [0.3, 0.4) is 0 Å². The van der Waals surface area contributed by atoms with Crippen LogP contribution in [0, 0.1) is 0 Å². The summed E-state index contributed by atoms with van der Waals surface area (Å²) in [6, 6.07) is 1.88. The highest BCUT2D eigenvalue weighted by atomic mass is 35.5. The van der Waals surface area contributed by atoms with Gasteiger partial charge in [0, 0.05) is 31.0 Å². The standard InChI is InChI=1S/C16H19ClN4O3S/c1-23-6-4-14(22)20-16-19-11-3-5-21(9-13(11)25-16)10-7-12(24-2)15(17)18-8-10/h7-8H,3-6,9H2,1-2H3,(H,19,20,22). The summed E-state index contributed by atoms with van der Waals surface area (Å²) < 4.78 is 10.1. The molecule has 134 valence electrons. The van der Waals surface area contributed by atoms with Crippen molar-refractivity contribution in [3.8, 4) is 5.75 Å². The van der Waals surface area contributed by atoms with Crippen LogP contribution in [0.5, 0.6) is 5.75 Å². The number of thiazole rings is 1. The first kappa shape index (κ1) is 17.9. The number of nitrogens with zero attached hydrogens (tertiary/aromatic N) is 3. The maximum atomic E-state index is 11.8. The quantitative estimate of drug-likeness (QED) is 0.774. The van der Waals surface area contributed by atoms with Crippen molar-refractivity contribution in [2.24, 2.45) is 0 Å². The Hall–Kier alpha value is -1.90. The molecule has 2 aromatic rings. The summed E-state index contributed by atoms with van der Waals surface area (Å²) in [6.07, 6.45) is 2.87. The Morgan fingerprint density at radius 3 is 3.08 bits per heavy atom. The van der Waals surface area contributed by atoms with E-state index in [4.69, 9.17) is 21.1 Å². The normalized spacial score (nSPS) is 13.5. The molecule has 0 saturated carbocycles. The Kier molecular flexibility index (Phi) is 5.72. The topological polar surface area (TPSA) is 76.6 Å². The fourth-order valence-electron chi connectivity index (χ4n) is 2.58. The second kappa shape index (κ2) is 7.99. The first-order chi connectivity index (χ1) is 12.1. The van der Waals surface area contributed by atoms with E-state index in [-0.39, 0.29) is 5.91 Å². The predicted molar refractivity (Wildman–Crippen MR) is 97.8 cm³/mol. The number of rotatable bonds is 6. The Bertz CT molecular complexity index is 768. The van der Waals surface area contributed by atoms with Gasteiger partial charge in [0.25, 0.3) is 0 Å². The highest BCUT2D eigenvalue weighted by Gasteiger charge is 2.22. The molecular weight excluding hydrogens is 364 g/mol. The molecule has 0 bridgehead atoms. The van der Waals surface area contributed by atoms with Crippen LogP contribution < -0.4 is 15.0 Å². The summed E-state index contributed by atoms with van der Waals surface area (Å²) in [6.45, 7) is 1.93. The molecule has 0 aliphatic carbocycles. The lowest BCUT2D eigenvalue weighted by Gasteiger charge is -2.28. The fourth-order valence-corrected chi connectivity index (χ4v) is 3.80. The van der Waals surface area contributed by atoms with Gasteiger partial charge in [-0.2, -0.15) is 0 Å². The van der Waals surface area contributed by atoms with E-state index in [1.807, 2.05) is 6.07 Å². The van der Waals surface area contributed by atoms with E-state index in [1.165, 1.54) is 11.3 Å². The van der Waals surface area contributed by atoms with Crippen molar-refractivity contribution in [1.82, 2.24) is 9.97 Å². The smallest absolute Gasteiger partial charge is 0.228 e. The molecule has 0 aromatic carbocycles. The number of amides is 1. The number of pyridine rings is 1. The van der Waals surface area contributed by atoms with Crippen molar-refractivity contribution in [3.05, 3.63) is 28.0 Å². The van der Waals surface area contributed by atoms with Crippen molar-refractivity contribution in [3.63, 3.8) is 0 Å². The minimum Gasteiger partial charge on any atom is -0.493 e. The van der Waals surface area contributed by atoms with E-state index in [2.05, 4.69) is 20.2 Å². The van der Waals surface area contributed by atoms with Gasteiger partial charge in [0.1, 0.15) is 0 Å². The maximum absolute atomic E-state index is 11.8. The average molecular weight is 383 g/mol. The summed E-state index contributed by atoms with van der Waals surface area (Å²) in [5.41, 5.74) is 1.99. The van der Waals surface area contributed by atoms with Crippen LogP contribution in [0.25, 0.3) is 0 Å². The molecule has 3 heterocycles. The Balaban J connectivity index is 1.70. The second-order valence-corrected chi connectivity index (χ2v) is 6.98. The second-order valence-electron chi connectivity index (χ2n) is 5.54. The Labute approximate surface area is 154 Å². The maximum Gasteiger partial charge on any atom is 0.228 e. The number of fused-ring (bicyclic) bond motifs is 1. The summed E-state index contributed by atoms with van der Waals surface area (Å²) in [5, 5.41) is 3.82. The van der Waals surface area contributed by atoms with Crippen molar-refractivity contribution in [1.29, 1.82) is 0 Å². The third-order valence-electron chi connectivity index (χ3n) is 3.89. The van der Waals surface area contributed by atoms with Crippen LogP contribution in [0.4, 0.5) is 10.8 Å². The number of ether oxygens (including phenoxy) is 2. The minimum atomic E-state index is -0.0866. The number of aromatic nitrogens is 2. The van der Waals surface area contributed by atoms with Crippen LogP contribution in [-0.2, 0) is 22.5 Å². The Morgan fingerprint density at radius 2 is 2.32 bits per heavy atom. The first-order valence-corrected chi connectivity index (χ1v) is 9.02. The van der Waals surface area contributed by atoms with E-state index in [9.17, 15) is 4.79 Å². The number of anilines is 2. The van der Waals surface area contributed by atoms with E-state index >= 15 is 0 Å². The average Bonchev–Trinajstić information content (AvgIpc) is 3.01. The zero-order chi connectivity index (χ0) is 17.8. The molecule has 25 heavy (non-hydrogen) atoms. The lowest BCUT2D eigenvalue weighted by atomic mass is 10.1. The van der Waals surface area contributed by atoms with Gasteiger partial charge >= 0.3 is 0 Å². The molecule has 9 heteroatoms. The van der Waals surface area contributed by atoms with Gasteiger partial charge in [-0.1, -0.05) is 22.9 Å². The predicted octanol–water partition coefficient (Wildman–Crippen LogP) is 2.74. The largest absolute Gasteiger partial charge is 0.493 e. The summed E-state index contributed by atoms with van der Waals surface area (Å²) in [5.74, 6) is 0.469. The number of methoxy groups -OCH3 is 2. The van der Waals surface area contributed by atoms with Gasteiger partial charge in [-0.25, -0.2) is 9.97 Å². The first-order valence-electron chi connectivity index (χ1n) is 7.82. The fraction of sp³-hybridized carbons (Fsp3) is 0.438. The molecule has 1 amide bonds. The molecule has 0 unspecified atom stereocenters. The van der Waals surface area contributed by atoms with Crippen molar-refractivity contribution in [2.45, 2.75) is 19.4 Å². The van der Waals surface area contributed by atoms with Gasteiger partial charge in [0.15, 0.2) is 16.0 Å². The number of hydrogen-bond acceptors (Lipinski definition) is 7. The van der Waals surface area contributed by atoms with E-state index in [0.29, 0.717) is 35.6 Å². The monoisotopic (exact) mass is 382 g/mol. The summed E-state index contributed by atoms with van der Waals surface area (Å²) in [4.78, 5) is 23.8. The van der Waals surface area contributed by atoms with Gasteiger partial charge < -0.3 is 19.7 Å². The Morgan fingerprint density at radius 1 is 1.48 bits per heavy atom. The van der Waals surface area contributed by atoms with Gasteiger partial charge in [-0.15, -0.1) is 0 Å². The molecule has 3 rings (SSSR count). The lowest BCUT2D eigenvalue weighted by molar-refractivity contribution is -0.117. The molecule has 1 aliphatic heterocycles. The number of carbonyl (C=O) groups excluding carboxylic acids is 1. The molecule has 7 nitrogen and oxygen atoms in total. The molecule has 0 radical (unpaired) electrons. The van der Waals surface area contributed by atoms with Crippen LogP contribution in [0.1, 0.15) is 17.0 Å². The third kappa shape index (κ3) is 4.20. The van der Waals surface area contributed by atoms with Gasteiger partial charge in [0.05, 0.1) is 44.3 Å². The van der Waals surface area contributed by atoms with E-state index < -0.39 is 0 Å². The van der Waals surface area contributed by atoms with Crippen LogP contribution in [-0.4, -0.2) is 43.2 Å². The zero-order valence-corrected chi connectivity index (χ0v) is 15.6. The summed E-state index contributed by atoms with van der Waals surface area (Å²) in [7, 11) is 3.15. The third-order valence-corrected chi connectivity index (χ3v) is 5.17. The van der Waals surface area contributed by atoms with Crippen molar-refractivity contribution >= 4 is 39.7 Å². The number of hydrogen-bond donors (Lipinski definition) is 1. The number of nitrogens with one attached hydrogen (secondary N) is 1. The molecule has 1 N–H and O–H groups in total. The van der Waals surface area contributed by atoms with Gasteiger partial charge in [-0.05, 0) is 0 Å². The van der Waals surface area contributed by atoms with Gasteiger partial charge in [-0.3, -0.25) is 4.79 Å². The summed E-state index contributed by atoms with van der Waals surface area (Å²) >= 11 is 7.50. The number of carbonyl (C=O) groups is 1. The lowest BCUT2D eigenvalue weighted by Crippen LogP contribution is -2.29. The molecular formula is C16H19ClN4O3S. The molecule has 0 atom stereocenters. The van der Waals surface area contributed by atoms with Crippen LogP contribution in [0.15, 0.2) is 12.3 Å². The van der Waals surface area contributed by atoms with Gasteiger partial charge in [0.2, 0.25) is 5.91 Å². The zero-order valence-electron chi connectivity index (χ0n) is 14.0. The molecule has 1 aliphatic rings. The molecule has 0 spiro atoms.